The van der Waals surface area contributed by atoms with Crippen molar-refractivity contribution in [2.45, 2.75) is 31.7 Å². The molecule has 1 unspecified atom stereocenters. The van der Waals surface area contributed by atoms with Gasteiger partial charge in [-0.15, -0.1) is 12.4 Å². The smallest absolute Gasteiger partial charge is 0.227 e. The van der Waals surface area contributed by atoms with Crippen LogP contribution in [0.2, 0.25) is 0 Å². The second-order valence-electron chi connectivity index (χ2n) is 6.66. The summed E-state index contributed by atoms with van der Waals surface area (Å²) in [4.78, 5) is 26.4. The number of halogens is 1. The molecule has 0 radical (unpaired) electrons. The summed E-state index contributed by atoms with van der Waals surface area (Å²) in [6, 6.07) is 14.5. The Morgan fingerprint density at radius 2 is 1.96 bits per heavy atom. The molecule has 1 aliphatic rings. The zero-order valence-electron chi connectivity index (χ0n) is 15.9. The molecule has 28 heavy (non-hydrogen) atoms. The van der Waals surface area contributed by atoms with Gasteiger partial charge in [0.15, 0.2) is 0 Å². The Kier molecular flexibility index (Phi) is 7.84. The van der Waals surface area contributed by atoms with Crippen LogP contribution in [0.3, 0.4) is 0 Å². The SMILES string of the molecule is COc1ccc(NC(=O)CC(N)c2ccccc2)cc1N1CCCCC1=O.Cl. The molecule has 3 N–H and O–H groups in total. The molecular weight excluding hydrogens is 378 g/mol. The maximum atomic E-state index is 12.4. The largest absolute Gasteiger partial charge is 0.495 e. The molecule has 1 atom stereocenters. The van der Waals surface area contributed by atoms with Crippen molar-refractivity contribution in [1.29, 1.82) is 0 Å². The van der Waals surface area contributed by atoms with Crippen LogP contribution >= 0.6 is 12.4 Å². The molecule has 0 spiro atoms. The zero-order chi connectivity index (χ0) is 19.2. The van der Waals surface area contributed by atoms with Crippen molar-refractivity contribution in [2.24, 2.45) is 5.73 Å². The Hall–Kier alpha value is -2.57. The van der Waals surface area contributed by atoms with E-state index in [4.69, 9.17) is 10.5 Å². The van der Waals surface area contributed by atoms with Crippen LogP contribution in [0.5, 0.6) is 5.75 Å². The number of nitrogens with two attached hydrogens (primary N) is 1. The van der Waals surface area contributed by atoms with Crippen LogP contribution in [-0.2, 0) is 9.59 Å². The first-order valence-corrected chi connectivity index (χ1v) is 9.17. The van der Waals surface area contributed by atoms with Crippen molar-refractivity contribution in [3.05, 3.63) is 54.1 Å². The summed E-state index contributed by atoms with van der Waals surface area (Å²) in [5.74, 6) is 0.519. The highest BCUT2D eigenvalue weighted by molar-refractivity contribution is 5.97. The maximum absolute atomic E-state index is 12.4. The van der Waals surface area contributed by atoms with E-state index in [1.807, 2.05) is 30.3 Å². The lowest BCUT2D eigenvalue weighted by molar-refractivity contribution is -0.119. The molecule has 1 fully saturated rings. The lowest BCUT2D eigenvalue weighted by Gasteiger charge is -2.28. The predicted octanol–water partition coefficient (Wildman–Crippen LogP) is 3.66. The Labute approximate surface area is 171 Å². The van der Waals surface area contributed by atoms with Gasteiger partial charge in [0, 0.05) is 31.1 Å². The molecule has 0 bridgehead atoms. The lowest BCUT2D eigenvalue weighted by atomic mass is 10.0. The quantitative estimate of drug-likeness (QED) is 0.770. The molecule has 1 aliphatic heterocycles. The molecule has 6 nitrogen and oxygen atoms in total. The van der Waals surface area contributed by atoms with Gasteiger partial charge in [0.2, 0.25) is 11.8 Å². The Bertz CT molecular complexity index is 814. The number of carbonyl (C=O) groups excluding carboxylic acids is 2. The summed E-state index contributed by atoms with van der Waals surface area (Å²) in [6.45, 7) is 0.658. The van der Waals surface area contributed by atoms with E-state index < -0.39 is 0 Å². The summed E-state index contributed by atoms with van der Waals surface area (Å²) in [5, 5.41) is 2.88. The molecule has 2 aromatic carbocycles. The van der Waals surface area contributed by atoms with Gasteiger partial charge in [-0.1, -0.05) is 30.3 Å². The molecule has 0 saturated carbocycles. The van der Waals surface area contributed by atoms with E-state index in [-0.39, 0.29) is 36.7 Å². The topological polar surface area (TPSA) is 84.7 Å². The van der Waals surface area contributed by atoms with Crippen LogP contribution < -0.4 is 20.7 Å². The van der Waals surface area contributed by atoms with Crippen molar-refractivity contribution < 1.29 is 14.3 Å². The van der Waals surface area contributed by atoms with Crippen molar-refractivity contribution in [2.75, 3.05) is 23.9 Å². The molecule has 1 heterocycles. The number of nitrogens with zero attached hydrogens (tertiary/aromatic N) is 1. The van der Waals surface area contributed by atoms with Gasteiger partial charge >= 0.3 is 0 Å². The first kappa shape index (κ1) is 21.7. The standard InChI is InChI=1S/C21H25N3O3.ClH/c1-27-19-11-10-16(13-18(19)24-12-6-5-9-21(24)26)23-20(25)14-17(22)15-7-3-2-4-8-15;/h2-4,7-8,10-11,13,17H,5-6,9,12,14,22H2,1H3,(H,23,25);1H. The Balaban J connectivity index is 0.00000280. The van der Waals surface area contributed by atoms with Gasteiger partial charge in [0.25, 0.3) is 0 Å². The van der Waals surface area contributed by atoms with Crippen LogP contribution in [0.1, 0.15) is 37.3 Å². The maximum Gasteiger partial charge on any atom is 0.227 e. The summed E-state index contributed by atoms with van der Waals surface area (Å²) in [6.07, 6.45) is 2.57. The van der Waals surface area contributed by atoms with Crippen LogP contribution in [0, 0.1) is 0 Å². The van der Waals surface area contributed by atoms with Crippen LogP contribution in [-0.4, -0.2) is 25.5 Å². The summed E-state index contributed by atoms with van der Waals surface area (Å²) in [7, 11) is 1.57. The van der Waals surface area contributed by atoms with Gasteiger partial charge in [0.05, 0.1) is 12.8 Å². The van der Waals surface area contributed by atoms with Gasteiger partial charge in [-0.2, -0.15) is 0 Å². The fourth-order valence-electron chi connectivity index (χ4n) is 3.27. The van der Waals surface area contributed by atoms with Gasteiger partial charge in [0.1, 0.15) is 5.75 Å². The molecule has 1 saturated heterocycles. The minimum absolute atomic E-state index is 0. The number of hydrogen-bond donors (Lipinski definition) is 2. The Morgan fingerprint density at radius 3 is 2.64 bits per heavy atom. The number of benzene rings is 2. The second kappa shape index (κ2) is 10.1. The van der Waals surface area contributed by atoms with Gasteiger partial charge in [-0.05, 0) is 36.6 Å². The van der Waals surface area contributed by atoms with Crippen LogP contribution in [0.25, 0.3) is 0 Å². The number of hydrogen-bond acceptors (Lipinski definition) is 4. The normalized spacial score (nSPS) is 14.8. The highest BCUT2D eigenvalue weighted by Gasteiger charge is 2.23. The monoisotopic (exact) mass is 403 g/mol. The molecule has 7 heteroatoms. The van der Waals surface area contributed by atoms with Crippen LogP contribution in [0.15, 0.2) is 48.5 Å². The highest BCUT2D eigenvalue weighted by Crippen LogP contribution is 2.33. The molecule has 3 rings (SSSR count). The molecule has 2 amide bonds. The van der Waals surface area contributed by atoms with Crippen molar-refractivity contribution in [3.63, 3.8) is 0 Å². The highest BCUT2D eigenvalue weighted by atomic mass is 35.5. The second-order valence-corrected chi connectivity index (χ2v) is 6.66. The lowest BCUT2D eigenvalue weighted by Crippen LogP contribution is -2.35. The number of amides is 2. The predicted molar refractivity (Wildman–Crippen MR) is 113 cm³/mol. The minimum atomic E-state index is -0.368. The average molecular weight is 404 g/mol. The van der Waals surface area contributed by atoms with E-state index in [1.54, 1.807) is 30.2 Å². The van der Waals surface area contributed by atoms with E-state index >= 15 is 0 Å². The minimum Gasteiger partial charge on any atom is -0.495 e. The van der Waals surface area contributed by atoms with Crippen molar-refractivity contribution in [3.8, 4) is 5.75 Å². The molecule has 150 valence electrons. The number of carbonyl (C=O) groups is 2. The Morgan fingerprint density at radius 1 is 1.21 bits per heavy atom. The number of methoxy groups -OCH3 is 1. The fraction of sp³-hybridized carbons (Fsp3) is 0.333. The van der Waals surface area contributed by atoms with Crippen molar-refractivity contribution >= 4 is 35.6 Å². The number of anilines is 2. The third kappa shape index (κ3) is 5.24. The number of piperidine rings is 1. The van der Waals surface area contributed by atoms with Gasteiger partial charge in [-0.3, -0.25) is 9.59 Å². The van der Waals surface area contributed by atoms with Gasteiger partial charge < -0.3 is 20.7 Å². The van der Waals surface area contributed by atoms with Crippen LogP contribution in [0.4, 0.5) is 11.4 Å². The van der Waals surface area contributed by atoms with E-state index in [0.717, 1.165) is 18.4 Å². The van der Waals surface area contributed by atoms with E-state index in [2.05, 4.69) is 5.32 Å². The number of rotatable bonds is 6. The first-order valence-electron chi connectivity index (χ1n) is 9.17. The molecular formula is C21H26ClN3O3. The zero-order valence-corrected chi connectivity index (χ0v) is 16.7. The fourth-order valence-corrected chi connectivity index (χ4v) is 3.27. The average Bonchev–Trinajstić information content (AvgIpc) is 2.69. The van der Waals surface area contributed by atoms with Crippen molar-refractivity contribution in [1.82, 2.24) is 0 Å². The summed E-state index contributed by atoms with van der Waals surface area (Å²) >= 11 is 0. The molecule has 0 aliphatic carbocycles. The third-order valence-electron chi connectivity index (χ3n) is 4.71. The molecule has 0 aromatic heterocycles. The van der Waals surface area contributed by atoms with Gasteiger partial charge in [-0.25, -0.2) is 0 Å². The van der Waals surface area contributed by atoms with E-state index in [1.165, 1.54) is 0 Å². The number of ether oxygens (including phenoxy) is 1. The third-order valence-corrected chi connectivity index (χ3v) is 4.71. The van der Waals surface area contributed by atoms with E-state index in [0.29, 0.717) is 30.1 Å². The summed E-state index contributed by atoms with van der Waals surface area (Å²) < 4.78 is 5.40. The van der Waals surface area contributed by atoms with E-state index in [9.17, 15) is 9.59 Å². The first-order chi connectivity index (χ1) is 13.1. The molecule has 2 aromatic rings. The number of nitrogens with one attached hydrogen (secondary N) is 1. The summed E-state index contributed by atoms with van der Waals surface area (Å²) in [5.41, 5.74) is 8.35.